The number of hydrogen-bond acceptors (Lipinski definition) is 7. The third kappa shape index (κ3) is 4.62. The Morgan fingerprint density at radius 2 is 1.51 bits per heavy atom. The number of amides is 3. The molecule has 1 aliphatic rings. The summed E-state index contributed by atoms with van der Waals surface area (Å²) >= 11 is 0. The number of imide groups is 1. The smallest absolute Gasteiger partial charge is 0.341 e. The normalized spacial score (nSPS) is 12.6. The first kappa shape index (κ1) is 25.4. The first-order chi connectivity index (χ1) is 18.8. The number of hydroxylamine groups is 2. The van der Waals surface area contributed by atoms with Gasteiger partial charge in [0.1, 0.15) is 12.4 Å². The highest BCUT2D eigenvalue weighted by Gasteiger charge is 2.37. The van der Waals surface area contributed by atoms with Crippen molar-refractivity contribution in [3.8, 4) is 5.75 Å². The molecule has 0 atom stereocenters. The van der Waals surface area contributed by atoms with Crippen LogP contribution in [0.4, 0.5) is 0 Å². The fraction of sp³-hybridized carbons (Fsp3) is 0.107. The van der Waals surface area contributed by atoms with Crippen LogP contribution in [0.15, 0.2) is 72.9 Å². The molecular formula is C28H21N3O8. The Morgan fingerprint density at radius 1 is 0.872 bits per heavy atom. The van der Waals surface area contributed by atoms with Crippen LogP contribution in [0.1, 0.15) is 47.9 Å². The summed E-state index contributed by atoms with van der Waals surface area (Å²) in [4.78, 5) is 67.9. The number of aliphatic carboxylic acids is 1. The molecular weight excluding hydrogens is 506 g/mol. The van der Waals surface area contributed by atoms with Crippen molar-refractivity contribution in [3.05, 3.63) is 106 Å². The molecule has 0 saturated carbocycles. The largest absolute Gasteiger partial charge is 0.480 e. The Kier molecular flexibility index (Phi) is 6.65. The molecule has 3 amide bonds. The first-order valence-electron chi connectivity index (χ1n) is 11.8. The topological polar surface area (TPSA) is 158 Å². The first-order valence-corrected chi connectivity index (χ1v) is 11.8. The van der Waals surface area contributed by atoms with Crippen LogP contribution < -0.4 is 10.5 Å². The predicted molar refractivity (Wildman–Crippen MR) is 135 cm³/mol. The number of rotatable bonds is 10. The van der Waals surface area contributed by atoms with Crippen molar-refractivity contribution in [2.45, 2.75) is 13.0 Å². The lowest BCUT2D eigenvalue weighted by atomic mass is 10.0. The third-order valence-electron chi connectivity index (χ3n) is 6.25. The van der Waals surface area contributed by atoms with Gasteiger partial charge in [-0.25, -0.2) is 4.79 Å². The van der Waals surface area contributed by atoms with Crippen LogP contribution in [-0.4, -0.2) is 50.7 Å². The molecule has 39 heavy (non-hydrogen) atoms. The summed E-state index contributed by atoms with van der Waals surface area (Å²) < 4.78 is 7.02. The van der Waals surface area contributed by atoms with Crippen LogP contribution in [-0.2, 0) is 27.5 Å². The molecule has 11 heteroatoms. The van der Waals surface area contributed by atoms with Crippen LogP contribution in [0, 0.1) is 0 Å². The number of primary amides is 1. The number of nitrogens with zero attached hydrogens (tertiary/aromatic N) is 2. The minimum atomic E-state index is -1.26. The van der Waals surface area contributed by atoms with E-state index in [2.05, 4.69) is 0 Å². The number of Topliss-reactive ketones (excluding diaryl/α,β-unsaturated/α-hetero) is 1. The molecule has 1 aliphatic heterocycles. The Bertz CT molecular complexity index is 1620. The van der Waals surface area contributed by atoms with Gasteiger partial charge in [0, 0.05) is 23.9 Å². The van der Waals surface area contributed by atoms with Gasteiger partial charge in [-0.1, -0.05) is 42.5 Å². The van der Waals surface area contributed by atoms with Crippen molar-refractivity contribution in [2.75, 3.05) is 6.61 Å². The fourth-order valence-electron chi connectivity index (χ4n) is 4.56. The van der Waals surface area contributed by atoms with Crippen LogP contribution in [0.25, 0.3) is 5.52 Å². The van der Waals surface area contributed by atoms with E-state index in [0.717, 1.165) is 5.56 Å². The number of benzene rings is 2. The number of aromatic nitrogens is 1. The lowest BCUT2D eigenvalue weighted by Crippen LogP contribution is -2.30. The SMILES string of the molecule is NC(=O)C(=O)c1c(CON2C(=O)c3ccccc3C2=O)c(Cc2ccccc2)n2cccc(OCC(=O)O)c12. The van der Waals surface area contributed by atoms with Gasteiger partial charge in [0.15, 0.2) is 6.61 Å². The molecule has 2 aromatic heterocycles. The van der Waals surface area contributed by atoms with Gasteiger partial charge in [-0.2, -0.15) is 0 Å². The molecule has 0 saturated heterocycles. The van der Waals surface area contributed by atoms with Gasteiger partial charge in [-0.3, -0.25) is 24.0 Å². The second-order valence-electron chi connectivity index (χ2n) is 8.65. The molecule has 0 aliphatic carbocycles. The standard InChI is InChI=1S/C28H21N3O8/c29-26(35)25(34)23-19(14-39-31-27(36)17-9-4-5-10-18(17)28(31)37)20(13-16-7-2-1-3-8-16)30-12-6-11-21(24(23)30)38-15-22(32)33/h1-12H,13-15H2,(H2,29,35)(H,32,33). The number of carbonyl (C=O) groups is 5. The summed E-state index contributed by atoms with van der Waals surface area (Å²) in [7, 11) is 0. The van der Waals surface area contributed by atoms with E-state index in [1.165, 1.54) is 18.2 Å². The molecule has 0 radical (unpaired) electrons. The van der Waals surface area contributed by atoms with E-state index in [9.17, 15) is 24.0 Å². The van der Waals surface area contributed by atoms with Crippen molar-refractivity contribution >= 4 is 35.0 Å². The van der Waals surface area contributed by atoms with Crippen molar-refractivity contribution in [1.29, 1.82) is 0 Å². The highest BCUT2D eigenvalue weighted by atomic mass is 16.7. The van der Waals surface area contributed by atoms with E-state index in [-0.39, 0.29) is 39.9 Å². The molecule has 3 heterocycles. The van der Waals surface area contributed by atoms with Gasteiger partial charge in [0.25, 0.3) is 23.5 Å². The monoisotopic (exact) mass is 527 g/mol. The molecule has 196 valence electrons. The van der Waals surface area contributed by atoms with E-state index in [4.69, 9.17) is 20.4 Å². The summed E-state index contributed by atoms with van der Waals surface area (Å²) in [5.74, 6) is -4.90. The number of pyridine rings is 1. The maximum absolute atomic E-state index is 13.2. The Labute approximate surface area is 220 Å². The highest BCUT2D eigenvalue weighted by molar-refractivity contribution is 6.44. The zero-order valence-electron chi connectivity index (χ0n) is 20.3. The summed E-state index contributed by atoms with van der Waals surface area (Å²) in [5.41, 5.74) is 7.18. The van der Waals surface area contributed by atoms with Gasteiger partial charge in [-0.15, -0.1) is 5.06 Å². The van der Waals surface area contributed by atoms with Gasteiger partial charge >= 0.3 is 5.97 Å². The van der Waals surface area contributed by atoms with Gasteiger partial charge in [0.2, 0.25) is 0 Å². The molecule has 0 unspecified atom stereocenters. The maximum atomic E-state index is 13.2. The van der Waals surface area contributed by atoms with E-state index in [1.54, 1.807) is 28.8 Å². The lowest BCUT2D eigenvalue weighted by Gasteiger charge is -2.15. The van der Waals surface area contributed by atoms with Gasteiger partial charge < -0.3 is 20.0 Å². The van der Waals surface area contributed by atoms with Crippen LogP contribution in [0.5, 0.6) is 5.75 Å². The Balaban J connectivity index is 1.65. The fourth-order valence-corrected chi connectivity index (χ4v) is 4.56. The average molecular weight is 527 g/mol. The number of fused-ring (bicyclic) bond motifs is 2. The Hall–Kier alpha value is -5.29. The number of nitrogens with two attached hydrogens (primary N) is 1. The molecule has 0 fully saturated rings. The third-order valence-corrected chi connectivity index (χ3v) is 6.25. The quantitative estimate of drug-likeness (QED) is 0.181. The average Bonchev–Trinajstić information content (AvgIpc) is 3.37. The minimum Gasteiger partial charge on any atom is -0.480 e. The molecule has 4 aromatic rings. The minimum absolute atomic E-state index is 0.0193. The second-order valence-corrected chi connectivity index (χ2v) is 8.65. The zero-order chi connectivity index (χ0) is 27.7. The molecule has 5 rings (SSSR count). The Morgan fingerprint density at radius 3 is 2.13 bits per heavy atom. The van der Waals surface area contributed by atoms with Crippen LogP contribution in [0.3, 0.4) is 0 Å². The van der Waals surface area contributed by atoms with Crippen LogP contribution in [0.2, 0.25) is 0 Å². The second kappa shape index (κ2) is 10.2. The molecule has 0 spiro atoms. The number of carboxylic acids is 1. The van der Waals surface area contributed by atoms with E-state index in [0.29, 0.717) is 10.8 Å². The van der Waals surface area contributed by atoms with Crippen molar-refractivity contribution in [1.82, 2.24) is 9.46 Å². The highest BCUT2D eigenvalue weighted by Crippen LogP contribution is 2.34. The van der Waals surface area contributed by atoms with E-state index < -0.39 is 42.7 Å². The molecule has 11 nitrogen and oxygen atoms in total. The lowest BCUT2D eigenvalue weighted by molar-refractivity contribution is -0.139. The van der Waals surface area contributed by atoms with Gasteiger partial charge in [-0.05, 0) is 29.8 Å². The van der Waals surface area contributed by atoms with Crippen LogP contribution >= 0.6 is 0 Å². The van der Waals surface area contributed by atoms with Crippen molar-refractivity contribution in [2.24, 2.45) is 5.73 Å². The molecule has 2 aromatic carbocycles. The summed E-state index contributed by atoms with van der Waals surface area (Å²) in [6.07, 6.45) is 1.86. The molecule has 0 bridgehead atoms. The van der Waals surface area contributed by atoms with Crippen molar-refractivity contribution in [3.63, 3.8) is 0 Å². The van der Waals surface area contributed by atoms with E-state index >= 15 is 0 Å². The summed E-state index contributed by atoms with van der Waals surface area (Å²) in [6.45, 7) is -1.16. The zero-order valence-corrected chi connectivity index (χ0v) is 20.3. The predicted octanol–water partition coefficient (Wildman–Crippen LogP) is 2.39. The number of carbonyl (C=O) groups excluding carboxylic acids is 4. The number of ether oxygens (including phenoxy) is 1. The number of carboxylic acid groups (broad SMARTS) is 1. The number of hydrogen-bond donors (Lipinski definition) is 2. The summed E-state index contributed by atoms with van der Waals surface area (Å²) in [6, 6.07) is 18.5. The van der Waals surface area contributed by atoms with E-state index in [1.807, 2.05) is 30.3 Å². The summed E-state index contributed by atoms with van der Waals surface area (Å²) in [5, 5.41) is 9.75. The maximum Gasteiger partial charge on any atom is 0.341 e. The number of ketones is 1. The van der Waals surface area contributed by atoms with Crippen molar-refractivity contribution < 1.29 is 38.7 Å². The molecule has 3 N–H and O–H groups in total. The van der Waals surface area contributed by atoms with Gasteiger partial charge in [0.05, 0.1) is 22.2 Å².